The SMILES string of the molecule is Nc1ccc(OC2CCN(C3COC3)CC2)cc1N. The van der Waals surface area contributed by atoms with Crippen LogP contribution in [0.2, 0.25) is 0 Å². The Hall–Kier alpha value is -1.46. The van der Waals surface area contributed by atoms with E-state index in [2.05, 4.69) is 4.90 Å². The molecule has 0 amide bonds. The molecule has 2 saturated heterocycles. The van der Waals surface area contributed by atoms with Gasteiger partial charge in [0.15, 0.2) is 0 Å². The Balaban J connectivity index is 1.52. The summed E-state index contributed by atoms with van der Waals surface area (Å²) in [5.41, 5.74) is 12.7. The molecule has 2 aliphatic heterocycles. The topological polar surface area (TPSA) is 73.7 Å². The largest absolute Gasteiger partial charge is 0.490 e. The molecule has 5 heteroatoms. The summed E-state index contributed by atoms with van der Waals surface area (Å²) in [6.45, 7) is 3.95. The Bertz CT molecular complexity index is 440. The number of nitrogens with two attached hydrogens (primary N) is 2. The highest BCUT2D eigenvalue weighted by Crippen LogP contribution is 2.25. The van der Waals surface area contributed by atoms with Crippen molar-refractivity contribution in [3.05, 3.63) is 18.2 Å². The quantitative estimate of drug-likeness (QED) is 0.799. The molecule has 0 unspecified atom stereocenters. The molecular formula is C14H21N3O2. The van der Waals surface area contributed by atoms with Gasteiger partial charge in [-0.1, -0.05) is 0 Å². The van der Waals surface area contributed by atoms with Gasteiger partial charge < -0.3 is 20.9 Å². The van der Waals surface area contributed by atoms with E-state index in [0.717, 1.165) is 44.9 Å². The number of piperidine rings is 1. The molecular weight excluding hydrogens is 242 g/mol. The van der Waals surface area contributed by atoms with Gasteiger partial charge in [-0.2, -0.15) is 0 Å². The minimum atomic E-state index is 0.278. The maximum atomic E-state index is 5.98. The average Bonchev–Trinajstić information content (AvgIpc) is 2.34. The molecule has 5 nitrogen and oxygen atoms in total. The van der Waals surface area contributed by atoms with Gasteiger partial charge in [0.25, 0.3) is 0 Å². The van der Waals surface area contributed by atoms with E-state index in [-0.39, 0.29) is 6.10 Å². The number of hydrogen-bond acceptors (Lipinski definition) is 5. The summed E-state index contributed by atoms with van der Waals surface area (Å²) in [5, 5.41) is 0. The highest BCUT2D eigenvalue weighted by molar-refractivity contribution is 5.65. The van der Waals surface area contributed by atoms with Crippen LogP contribution in [-0.4, -0.2) is 43.3 Å². The lowest BCUT2D eigenvalue weighted by molar-refractivity contribution is -0.0778. The minimum absolute atomic E-state index is 0.278. The van der Waals surface area contributed by atoms with Crippen LogP contribution in [0.4, 0.5) is 11.4 Å². The van der Waals surface area contributed by atoms with Crippen molar-refractivity contribution in [2.75, 3.05) is 37.8 Å². The van der Waals surface area contributed by atoms with Crippen molar-refractivity contribution in [2.45, 2.75) is 25.0 Å². The molecule has 0 spiro atoms. The van der Waals surface area contributed by atoms with Crippen molar-refractivity contribution in [2.24, 2.45) is 0 Å². The predicted molar refractivity (Wildman–Crippen MR) is 75.1 cm³/mol. The second-order valence-corrected chi connectivity index (χ2v) is 5.34. The van der Waals surface area contributed by atoms with Gasteiger partial charge in [0.2, 0.25) is 0 Å². The molecule has 3 rings (SSSR count). The molecule has 0 bridgehead atoms. The van der Waals surface area contributed by atoms with Gasteiger partial charge >= 0.3 is 0 Å². The number of benzene rings is 1. The molecule has 19 heavy (non-hydrogen) atoms. The summed E-state index contributed by atoms with van der Waals surface area (Å²) in [7, 11) is 0. The second kappa shape index (κ2) is 5.27. The molecule has 0 aromatic heterocycles. The molecule has 2 fully saturated rings. The lowest BCUT2D eigenvalue weighted by atomic mass is 10.0. The van der Waals surface area contributed by atoms with Gasteiger partial charge in [-0.3, -0.25) is 4.90 Å². The fourth-order valence-electron chi connectivity index (χ4n) is 2.61. The van der Waals surface area contributed by atoms with Gasteiger partial charge in [0.05, 0.1) is 30.6 Å². The van der Waals surface area contributed by atoms with Gasteiger partial charge in [-0.05, 0) is 25.0 Å². The first-order chi connectivity index (χ1) is 9.22. The molecule has 0 saturated carbocycles. The third-order valence-corrected chi connectivity index (χ3v) is 3.97. The average molecular weight is 263 g/mol. The Morgan fingerprint density at radius 1 is 1.11 bits per heavy atom. The molecule has 104 valence electrons. The van der Waals surface area contributed by atoms with E-state index in [0.29, 0.717) is 17.4 Å². The molecule has 0 atom stereocenters. The summed E-state index contributed by atoms with van der Waals surface area (Å²) in [5.74, 6) is 0.817. The summed E-state index contributed by atoms with van der Waals surface area (Å²) in [6.07, 6.45) is 2.39. The summed E-state index contributed by atoms with van der Waals surface area (Å²) < 4.78 is 11.2. The van der Waals surface area contributed by atoms with Gasteiger partial charge in [0, 0.05) is 19.2 Å². The van der Waals surface area contributed by atoms with Crippen molar-refractivity contribution in [3.63, 3.8) is 0 Å². The molecule has 2 heterocycles. The fraction of sp³-hybridized carbons (Fsp3) is 0.571. The molecule has 1 aromatic rings. The lowest BCUT2D eigenvalue weighted by Crippen LogP contribution is -2.52. The van der Waals surface area contributed by atoms with Crippen molar-refractivity contribution in [3.8, 4) is 5.75 Å². The standard InChI is InChI=1S/C14H21N3O2/c15-13-2-1-12(7-14(13)16)19-11-3-5-17(6-4-11)10-8-18-9-10/h1-2,7,10-11H,3-6,8-9,15-16H2. The lowest BCUT2D eigenvalue weighted by Gasteiger charge is -2.41. The number of hydrogen-bond donors (Lipinski definition) is 2. The van der Waals surface area contributed by atoms with Crippen molar-refractivity contribution in [1.82, 2.24) is 4.90 Å². The zero-order valence-corrected chi connectivity index (χ0v) is 11.0. The molecule has 4 N–H and O–H groups in total. The van der Waals surface area contributed by atoms with E-state index in [4.69, 9.17) is 20.9 Å². The van der Waals surface area contributed by atoms with E-state index >= 15 is 0 Å². The predicted octanol–water partition coefficient (Wildman–Crippen LogP) is 1.09. The number of anilines is 2. The summed E-state index contributed by atoms with van der Waals surface area (Å²) >= 11 is 0. The third-order valence-electron chi connectivity index (χ3n) is 3.97. The smallest absolute Gasteiger partial charge is 0.121 e. The first-order valence-electron chi connectivity index (χ1n) is 6.86. The van der Waals surface area contributed by atoms with E-state index < -0.39 is 0 Å². The maximum absolute atomic E-state index is 5.98. The monoisotopic (exact) mass is 263 g/mol. The first-order valence-corrected chi connectivity index (χ1v) is 6.86. The normalized spacial score (nSPS) is 22.1. The minimum Gasteiger partial charge on any atom is -0.490 e. The van der Waals surface area contributed by atoms with Gasteiger partial charge in [-0.25, -0.2) is 0 Å². The van der Waals surface area contributed by atoms with Crippen LogP contribution in [0.25, 0.3) is 0 Å². The zero-order valence-electron chi connectivity index (χ0n) is 11.0. The molecule has 2 aliphatic rings. The van der Waals surface area contributed by atoms with Crippen LogP contribution in [0.3, 0.4) is 0 Å². The first kappa shape index (κ1) is 12.6. The summed E-state index contributed by atoms with van der Waals surface area (Å²) in [6, 6.07) is 6.12. The van der Waals surface area contributed by atoms with E-state index in [1.807, 2.05) is 12.1 Å². The van der Waals surface area contributed by atoms with Crippen LogP contribution in [0, 0.1) is 0 Å². The van der Waals surface area contributed by atoms with Crippen LogP contribution in [0.1, 0.15) is 12.8 Å². The number of likely N-dealkylation sites (tertiary alicyclic amines) is 1. The number of rotatable bonds is 3. The van der Waals surface area contributed by atoms with Crippen LogP contribution >= 0.6 is 0 Å². The number of nitrogens with zero attached hydrogens (tertiary/aromatic N) is 1. The van der Waals surface area contributed by atoms with E-state index in [1.54, 1.807) is 6.07 Å². The van der Waals surface area contributed by atoms with Crippen molar-refractivity contribution >= 4 is 11.4 Å². The molecule has 0 aliphatic carbocycles. The Labute approximate surface area is 113 Å². The second-order valence-electron chi connectivity index (χ2n) is 5.34. The van der Waals surface area contributed by atoms with Crippen molar-refractivity contribution < 1.29 is 9.47 Å². The fourth-order valence-corrected chi connectivity index (χ4v) is 2.61. The Kier molecular flexibility index (Phi) is 3.48. The van der Waals surface area contributed by atoms with Crippen LogP contribution < -0.4 is 16.2 Å². The highest BCUT2D eigenvalue weighted by atomic mass is 16.5. The zero-order chi connectivity index (χ0) is 13.2. The van der Waals surface area contributed by atoms with Gasteiger partial charge in [-0.15, -0.1) is 0 Å². The summed E-state index contributed by atoms with van der Waals surface area (Å²) in [4.78, 5) is 2.50. The van der Waals surface area contributed by atoms with Crippen molar-refractivity contribution in [1.29, 1.82) is 0 Å². The van der Waals surface area contributed by atoms with Crippen LogP contribution in [-0.2, 0) is 4.74 Å². The number of nitrogen functional groups attached to an aromatic ring is 2. The highest BCUT2D eigenvalue weighted by Gasteiger charge is 2.30. The van der Waals surface area contributed by atoms with Gasteiger partial charge in [0.1, 0.15) is 11.9 Å². The Morgan fingerprint density at radius 3 is 2.42 bits per heavy atom. The Morgan fingerprint density at radius 2 is 1.84 bits per heavy atom. The third kappa shape index (κ3) is 2.77. The van der Waals surface area contributed by atoms with E-state index in [9.17, 15) is 0 Å². The molecule has 0 radical (unpaired) electrons. The van der Waals surface area contributed by atoms with E-state index in [1.165, 1.54) is 0 Å². The van der Waals surface area contributed by atoms with Crippen LogP contribution in [0.5, 0.6) is 5.75 Å². The number of ether oxygens (including phenoxy) is 2. The maximum Gasteiger partial charge on any atom is 0.121 e. The van der Waals surface area contributed by atoms with Crippen LogP contribution in [0.15, 0.2) is 18.2 Å². The molecule has 1 aromatic carbocycles.